The molecule has 15 heteroatoms. The van der Waals surface area contributed by atoms with Gasteiger partial charge in [-0.25, -0.2) is 19.2 Å². The molecule has 4 aliphatic heterocycles. The van der Waals surface area contributed by atoms with E-state index in [4.69, 9.17) is 9.47 Å². The summed E-state index contributed by atoms with van der Waals surface area (Å²) in [6, 6.07) is 30.6. The third kappa shape index (κ3) is 15.3. The number of hydrogen-bond donors (Lipinski definition) is 1. The molecule has 0 saturated carbocycles. The molecule has 0 aromatic heterocycles. The van der Waals surface area contributed by atoms with E-state index in [2.05, 4.69) is 62.2 Å². The fraction of sp³-hybridized carbons (Fsp3) is 0.462. The predicted molar refractivity (Wildman–Crippen MR) is 270 cm³/mol. The largest absolute Gasteiger partial charge is 0.465 e. The first-order valence-corrected chi connectivity index (χ1v) is 24.5. The van der Waals surface area contributed by atoms with Crippen molar-refractivity contribution in [2.75, 3.05) is 122 Å². The van der Waals surface area contributed by atoms with Crippen molar-refractivity contribution >= 4 is 57.0 Å². The van der Waals surface area contributed by atoms with Crippen LogP contribution in [-0.2, 0) is 22.6 Å². The van der Waals surface area contributed by atoms with Crippen molar-refractivity contribution in [3.8, 4) is 0 Å². The molecule has 4 saturated heterocycles. The van der Waals surface area contributed by atoms with E-state index in [0.29, 0.717) is 24.2 Å². The highest BCUT2D eigenvalue weighted by atomic mass is 79.9. The number of likely N-dealkylation sites (N-methyl/N-ethyl adjacent to an activating group) is 2. The Morgan fingerprint density at radius 2 is 0.970 bits per heavy atom. The third-order valence-corrected chi connectivity index (χ3v) is 13.1. The van der Waals surface area contributed by atoms with Crippen LogP contribution in [-0.4, -0.2) is 150 Å². The van der Waals surface area contributed by atoms with E-state index < -0.39 is 0 Å². The lowest BCUT2D eigenvalue weighted by molar-refractivity contribution is 0.0592. The van der Waals surface area contributed by atoms with E-state index in [1.165, 1.54) is 40.2 Å². The number of ether oxygens (including phenoxy) is 2. The maximum Gasteiger partial charge on any atom is 0.337 e. The summed E-state index contributed by atoms with van der Waals surface area (Å²) in [4.78, 5) is 64.8. The number of likely N-dealkylation sites (tertiary alicyclic amines) is 2. The fourth-order valence-electron chi connectivity index (χ4n) is 8.49. The third-order valence-electron chi connectivity index (χ3n) is 12.6. The van der Waals surface area contributed by atoms with Gasteiger partial charge in [-0.05, 0) is 124 Å². The lowest BCUT2D eigenvalue weighted by Gasteiger charge is -2.36. The van der Waals surface area contributed by atoms with Crippen molar-refractivity contribution in [3.63, 3.8) is 0 Å². The number of benzene rings is 4. The first-order valence-electron chi connectivity index (χ1n) is 23.7. The average molecular weight is 982 g/mol. The molecule has 1 N–H and O–H groups in total. The Bertz CT molecular complexity index is 2190. The number of piperidine rings is 2. The van der Waals surface area contributed by atoms with Crippen LogP contribution in [0.25, 0.3) is 0 Å². The van der Waals surface area contributed by atoms with Crippen molar-refractivity contribution < 1.29 is 28.7 Å². The Balaban J connectivity index is 0.000000195. The maximum atomic E-state index is 13.6. The van der Waals surface area contributed by atoms with Gasteiger partial charge in [-0.15, -0.1) is 0 Å². The minimum absolute atomic E-state index is 0.0184. The molecule has 0 radical (unpaired) electrons. The number of anilines is 3. The molecule has 0 bridgehead atoms. The van der Waals surface area contributed by atoms with E-state index >= 15 is 0 Å². The molecule has 4 amide bonds. The van der Waals surface area contributed by atoms with Gasteiger partial charge in [0.1, 0.15) is 0 Å². The van der Waals surface area contributed by atoms with Gasteiger partial charge in [0.05, 0.1) is 38.4 Å². The van der Waals surface area contributed by atoms with Crippen molar-refractivity contribution in [2.45, 2.75) is 51.6 Å². The molecule has 0 spiro atoms. The second kappa shape index (κ2) is 26.2. The van der Waals surface area contributed by atoms with Gasteiger partial charge in [-0.3, -0.25) is 9.80 Å². The summed E-state index contributed by atoms with van der Waals surface area (Å²) < 4.78 is 10.5. The number of rotatable bonds is 9. The molecule has 8 rings (SSSR count). The molecule has 4 aromatic rings. The summed E-state index contributed by atoms with van der Waals surface area (Å²) in [7, 11) is 7.05. The summed E-state index contributed by atoms with van der Waals surface area (Å²) in [5, 5.41) is 3.27. The van der Waals surface area contributed by atoms with E-state index in [9.17, 15) is 19.2 Å². The number of methoxy groups -OCH3 is 2. The van der Waals surface area contributed by atoms with Crippen molar-refractivity contribution in [3.05, 3.63) is 124 Å². The van der Waals surface area contributed by atoms with Crippen LogP contribution in [0.2, 0.25) is 0 Å². The van der Waals surface area contributed by atoms with Gasteiger partial charge in [-0.2, -0.15) is 0 Å². The van der Waals surface area contributed by atoms with Crippen LogP contribution in [0.1, 0.15) is 70.4 Å². The highest BCUT2D eigenvalue weighted by Crippen LogP contribution is 2.28. The number of carbonyl (C=O) groups is 4. The fourth-order valence-corrected chi connectivity index (χ4v) is 8.87. The quantitative estimate of drug-likeness (QED) is 0.164. The van der Waals surface area contributed by atoms with Crippen LogP contribution in [0.3, 0.4) is 0 Å². The topological polar surface area (TPSA) is 121 Å². The number of carbonyl (C=O) groups excluding carboxylic acids is 4. The van der Waals surface area contributed by atoms with Crippen molar-refractivity contribution in [2.24, 2.45) is 0 Å². The summed E-state index contributed by atoms with van der Waals surface area (Å²) in [6.07, 6.45) is 6.55. The molecule has 4 fully saturated rings. The summed E-state index contributed by atoms with van der Waals surface area (Å²) in [5.41, 5.74) is 5.82. The molecule has 0 aliphatic carbocycles. The predicted octanol–water partition coefficient (Wildman–Crippen LogP) is 8.21. The molecular weight excluding hydrogens is 913 g/mol. The van der Waals surface area contributed by atoms with E-state index in [0.717, 1.165) is 124 Å². The Hall–Kier alpha value is -5.48. The van der Waals surface area contributed by atoms with Crippen molar-refractivity contribution in [1.82, 2.24) is 24.9 Å². The molecular formula is C52H69BrN8O6. The number of nitrogens with one attached hydrogen (secondary N) is 1. The molecule has 67 heavy (non-hydrogen) atoms. The van der Waals surface area contributed by atoms with Crippen LogP contribution in [0.4, 0.5) is 26.7 Å². The zero-order valence-electron chi connectivity index (χ0n) is 39.8. The maximum absolute atomic E-state index is 13.6. The number of esters is 2. The molecule has 4 heterocycles. The second-order valence-corrected chi connectivity index (χ2v) is 18.5. The standard InChI is InChI=1S/C26H34N4O3.C21H23BrN2O3.C5H12N2/c1-27-15-17-28(18-16-27)23-7-6-8-24(19-23)30(26(32)29-13-4-3-5-14-29)20-21-9-11-22(12-10-21)25(31)33-2;1-27-20(25)17-10-8-16(9-11-17)15-24(19-7-5-6-18(22)14-19)21(26)23-12-3-2-4-13-23;1-7-4-2-6-3-5-7/h6-12,19H,3-5,13-18,20H2,1-2H3;5-11,14H,2-4,12-13,15H2,1H3;6H,2-5H2,1H3. The first kappa shape index (κ1) is 50.9. The molecule has 360 valence electrons. The van der Waals surface area contributed by atoms with E-state index in [1.807, 2.05) is 75.4 Å². The van der Waals surface area contributed by atoms with E-state index in [1.54, 1.807) is 29.2 Å². The number of piperazine rings is 2. The van der Waals surface area contributed by atoms with Crippen LogP contribution >= 0.6 is 15.9 Å². The summed E-state index contributed by atoms with van der Waals surface area (Å²) >= 11 is 3.49. The number of urea groups is 2. The molecule has 4 aliphatic rings. The average Bonchev–Trinajstić information content (AvgIpc) is 3.38. The highest BCUT2D eigenvalue weighted by Gasteiger charge is 2.27. The van der Waals surface area contributed by atoms with Crippen LogP contribution in [0.15, 0.2) is 102 Å². The Morgan fingerprint density at radius 1 is 0.537 bits per heavy atom. The van der Waals surface area contributed by atoms with Gasteiger partial charge in [0.15, 0.2) is 0 Å². The minimum Gasteiger partial charge on any atom is -0.465 e. The zero-order valence-corrected chi connectivity index (χ0v) is 41.4. The normalized spacial score (nSPS) is 16.6. The van der Waals surface area contributed by atoms with Crippen molar-refractivity contribution in [1.29, 1.82) is 0 Å². The molecule has 14 nitrogen and oxygen atoms in total. The zero-order chi connectivity index (χ0) is 47.5. The molecule has 0 unspecified atom stereocenters. The number of halogens is 1. The molecule has 4 aromatic carbocycles. The Kier molecular flexibility index (Phi) is 19.9. The van der Waals surface area contributed by atoms with E-state index in [-0.39, 0.29) is 24.0 Å². The summed E-state index contributed by atoms with van der Waals surface area (Å²) in [5.74, 6) is -0.725. The lowest BCUT2D eigenvalue weighted by atomic mass is 10.1. The van der Waals surface area contributed by atoms with Gasteiger partial charge < -0.3 is 39.3 Å². The first-order chi connectivity index (χ1) is 32.5. The van der Waals surface area contributed by atoms with Crippen LogP contribution in [0, 0.1) is 0 Å². The highest BCUT2D eigenvalue weighted by molar-refractivity contribution is 9.10. The monoisotopic (exact) mass is 980 g/mol. The lowest BCUT2D eigenvalue weighted by Crippen LogP contribution is -2.46. The Labute approximate surface area is 405 Å². The van der Waals surface area contributed by atoms with Gasteiger partial charge in [-0.1, -0.05) is 52.3 Å². The van der Waals surface area contributed by atoms with Gasteiger partial charge in [0.2, 0.25) is 0 Å². The van der Waals surface area contributed by atoms with Gasteiger partial charge in [0.25, 0.3) is 0 Å². The Morgan fingerprint density at radius 3 is 1.39 bits per heavy atom. The van der Waals surface area contributed by atoms with Crippen LogP contribution in [0.5, 0.6) is 0 Å². The molecule has 0 atom stereocenters. The SMILES string of the molecule is CN1CCNCC1.COC(=O)c1ccc(CN(C(=O)N2CCCCC2)c2cccc(Br)c2)cc1.COC(=O)c1ccc(CN(C(=O)N2CCCCC2)c2cccc(N3CCN(C)CC3)c2)cc1. The van der Waals surface area contributed by atoms with Gasteiger partial charge >= 0.3 is 24.0 Å². The number of hydrogen-bond acceptors (Lipinski definition) is 10. The summed E-state index contributed by atoms with van der Waals surface area (Å²) in [6.45, 7) is 12.9. The minimum atomic E-state index is -0.366. The van der Waals surface area contributed by atoms with Crippen LogP contribution < -0.4 is 20.0 Å². The van der Waals surface area contributed by atoms with Gasteiger partial charge in [0, 0.05) is 100 Å². The number of amides is 4. The second-order valence-electron chi connectivity index (χ2n) is 17.6. The smallest absolute Gasteiger partial charge is 0.337 e. The number of nitrogens with zero attached hydrogens (tertiary/aromatic N) is 7.